The first kappa shape index (κ1) is 41.1. The van der Waals surface area contributed by atoms with Crippen LogP contribution in [0.2, 0.25) is 0 Å². The maximum absolute atomic E-state index is 11.6. The molecule has 3 aliphatic rings. The van der Waals surface area contributed by atoms with Crippen LogP contribution in [0.4, 0.5) is 0 Å². The van der Waals surface area contributed by atoms with Gasteiger partial charge in [-0.15, -0.1) is 0 Å². The summed E-state index contributed by atoms with van der Waals surface area (Å²) in [5.74, 6) is -0.796. The molecule has 1 unspecified atom stereocenters. The predicted molar refractivity (Wildman–Crippen MR) is 119 cm³/mol. The minimum atomic E-state index is -5.47. The van der Waals surface area contributed by atoms with E-state index < -0.39 is 119 Å². The van der Waals surface area contributed by atoms with Gasteiger partial charge in [-0.25, -0.2) is 0 Å². The summed E-state index contributed by atoms with van der Waals surface area (Å²) in [5.41, 5.74) is 0. The fourth-order valence-electron chi connectivity index (χ4n) is 4.53. The van der Waals surface area contributed by atoms with Crippen LogP contribution >= 0.6 is 7.82 Å². The molecule has 42 heavy (non-hydrogen) atoms. The van der Waals surface area contributed by atoms with E-state index in [9.17, 15) is 55.4 Å². The zero-order valence-electron chi connectivity index (χ0n) is 23.2. The molecule has 0 aromatic carbocycles. The fraction of sp³-hybridized carbons (Fsp3) is 0.950. The normalized spacial score (nSPS) is 46.2. The van der Waals surface area contributed by atoms with E-state index in [1.165, 1.54) is 6.92 Å². The van der Waals surface area contributed by atoms with Crippen molar-refractivity contribution in [2.24, 2.45) is 4.99 Å². The molecule has 0 radical (unpaired) electrons. The molecular weight excluding hydrogens is 619 g/mol. The molecule has 3 aliphatic heterocycles. The predicted octanol–water partition coefficient (Wildman–Crippen LogP) is -13.3. The second kappa shape index (κ2) is 17.3. The molecule has 19 nitrogen and oxygen atoms in total. The van der Waals surface area contributed by atoms with Gasteiger partial charge in [0.1, 0.15) is 67.1 Å². The molecule has 3 fully saturated rings. The Morgan fingerprint density at radius 3 is 1.83 bits per heavy atom. The molecule has 234 valence electrons. The summed E-state index contributed by atoms with van der Waals surface area (Å²) in [5, 5.41) is 93.6. The Bertz CT molecular complexity index is 912. The van der Waals surface area contributed by atoms with E-state index >= 15 is 0 Å². The van der Waals surface area contributed by atoms with E-state index in [0.717, 1.165) is 6.92 Å². The van der Waals surface area contributed by atoms with Crippen molar-refractivity contribution in [3.63, 3.8) is 0 Å². The molecule has 9 N–H and O–H groups in total. The summed E-state index contributed by atoms with van der Waals surface area (Å²) in [6.07, 6.45) is -24.5. The van der Waals surface area contributed by atoms with E-state index in [1.807, 2.05) is 0 Å². The van der Waals surface area contributed by atoms with E-state index in [2.05, 4.69) is 9.52 Å². The first-order chi connectivity index (χ1) is 18.6. The summed E-state index contributed by atoms with van der Waals surface area (Å²) in [4.78, 5) is 24.0. The standard InChI is InChI=1S/C20H36NO18P.2Na/c1-5-10(25)13(28)17(20(34-5)39-40(31,32)33)38-19-15(30)14(29)16(8(4-23)36-19)37-18-9(21-6(2)24)12(27)11(26)7(3-22)35-18;;/h5,7-20,22-23,25-30H,3-4H2,1-2H3,(H,21,24)(H2,31,32,33);;/q;2*+1/p-2/t5-,7+,8+,9-,10-,11+,12+,13+,14+,15+,16+,17+,18-,19+,20-;;/m0../s1. The maximum atomic E-state index is 11.6. The summed E-state index contributed by atoms with van der Waals surface area (Å²) in [7, 11) is -5.47. The monoisotopic (exact) mass is 653 g/mol. The van der Waals surface area contributed by atoms with Crippen molar-refractivity contribution in [1.29, 1.82) is 0 Å². The molecule has 0 aromatic heterocycles. The first-order valence-corrected chi connectivity index (χ1v) is 13.6. The minimum absolute atomic E-state index is 0. The van der Waals surface area contributed by atoms with Gasteiger partial charge < -0.3 is 79.4 Å². The summed E-state index contributed by atoms with van der Waals surface area (Å²) in [6.45, 7) is 0.582. The molecule has 0 spiro atoms. The van der Waals surface area contributed by atoms with Crippen molar-refractivity contribution in [2.45, 2.75) is 106 Å². The Morgan fingerprint density at radius 2 is 1.31 bits per heavy atom. The zero-order valence-corrected chi connectivity index (χ0v) is 28.1. The third-order valence-electron chi connectivity index (χ3n) is 6.60. The summed E-state index contributed by atoms with van der Waals surface area (Å²) in [6, 6.07) is -1.56. The van der Waals surface area contributed by atoms with E-state index in [4.69, 9.17) is 28.6 Å². The van der Waals surface area contributed by atoms with Gasteiger partial charge >= 0.3 is 59.1 Å². The van der Waals surface area contributed by atoms with Gasteiger partial charge in [0.2, 0.25) is 0 Å². The van der Waals surface area contributed by atoms with Crippen LogP contribution in [0.5, 0.6) is 0 Å². The average molecular weight is 653 g/mol. The van der Waals surface area contributed by atoms with Crippen LogP contribution in [0.1, 0.15) is 13.8 Å². The van der Waals surface area contributed by atoms with Gasteiger partial charge in [-0.05, 0) is 19.7 Å². The van der Waals surface area contributed by atoms with Crippen molar-refractivity contribution in [1.82, 2.24) is 0 Å². The molecule has 3 saturated heterocycles. The minimum Gasteiger partial charge on any atom is -0.862 e. The Labute approximate surface area is 283 Å². The quantitative estimate of drug-likeness (QED) is 0.0483. The number of aliphatic hydroxyl groups is 8. The molecule has 0 saturated carbocycles. The Morgan fingerprint density at radius 1 is 0.786 bits per heavy atom. The summed E-state index contributed by atoms with van der Waals surface area (Å²) >= 11 is 0. The topological polar surface area (TPSA) is 313 Å². The van der Waals surface area contributed by atoms with Crippen LogP contribution in [0.15, 0.2) is 4.99 Å². The smallest absolute Gasteiger partial charge is 0.862 e. The van der Waals surface area contributed by atoms with Crippen molar-refractivity contribution in [2.75, 3.05) is 13.2 Å². The Hall–Kier alpha value is 1.06. The number of aliphatic hydroxyl groups excluding tert-OH is 8. The van der Waals surface area contributed by atoms with Gasteiger partial charge in [0.15, 0.2) is 18.9 Å². The molecule has 3 rings (SSSR count). The van der Waals surface area contributed by atoms with Crippen LogP contribution in [0.25, 0.3) is 0 Å². The molecule has 0 bridgehead atoms. The number of ether oxygens (including phenoxy) is 5. The number of phosphoric acid groups is 1. The van der Waals surface area contributed by atoms with Crippen LogP contribution in [-0.4, -0.2) is 157 Å². The van der Waals surface area contributed by atoms with Crippen LogP contribution in [-0.2, 0) is 32.8 Å². The van der Waals surface area contributed by atoms with Crippen LogP contribution < -0.4 is 69.1 Å². The number of hydrogen-bond acceptors (Lipinski definition) is 18. The molecule has 0 aliphatic carbocycles. The number of phosphoric ester groups is 1. The second-order valence-corrected chi connectivity index (χ2v) is 10.7. The Balaban J connectivity index is 0.00000441. The van der Waals surface area contributed by atoms with E-state index in [-0.39, 0.29) is 59.1 Å². The first-order valence-electron chi connectivity index (χ1n) is 12.1. The molecule has 16 atom stereocenters. The number of hydrogen-bond donors (Lipinski definition) is 9. The van der Waals surface area contributed by atoms with Crippen molar-refractivity contribution < 1.29 is 148 Å². The van der Waals surface area contributed by atoms with E-state index in [1.54, 1.807) is 0 Å². The molecule has 22 heteroatoms. The maximum Gasteiger partial charge on any atom is 1.00 e. The van der Waals surface area contributed by atoms with Gasteiger partial charge in [-0.3, -0.25) is 14.1 Å². The van der Waals surface area contributed by atoms with Crippen LogP contribution in [0.3, 0.4) is 0 Å². The fourth-order valence-corrected chi connectivity index (χ4v) is 4.97. The van der Waals surface area contributed by atoms with Gasteiger partial charge in [0.25, 0.3) is 7.82 Å². The van der Waals surface area contributed by atoms with Crippen molar-refractivity contribution >= 4 is 13.7 Å². The number of rotatable bonds is 9. The largest absolute Gasteiger partial charge is 1.00 e. The number of nitrogens with zero attached hydrogens (tertiary/aromatic N) is 1. The Kier molecular flexibility index (Phi) is 16.9. The van der Waals surface area contributed by atoms with Gasteiger partial charge in [0.05, 0.1) is 19.3 Å². The SMILES string of the molecule is CC([O-])=N[C@@H]1[C@H](O[C@H]2[C@H](O)[C@@H](O)[C@@H](O[C@H]3[C@H](OP(=O)([O-])O)O[C@@H](C)[C@H](O)[C@H]3O)O[C@@H]2CO)O[C@H](CO)[C@@H](O)[C@@H]1O.[Na+].[Na+]. The number of aliphatic imine (C=N–C) groups is 1. The molecule has 3 heterocycles. The third-order valence-corrected chi connectivity index (χ3v) is 7.08. The van der Waals surface area contributed by atoms with Crippen molar-refractivity contribution in [3.8, 4) is 0 Å². The molecule has 0 amide bonds. The summed E-state index contributed by atoms with van der Waals surface area (Å²) < 4.78 is 42.6. The third kappa shape index (κ3) is 9.79. The second-order valence-electron chi connectivity index (χ2n) is 9.52. The average Bonchev–Trinajstić information content (AvgIpc) is 2.87. The van der Waals surface area contributed by atoms with E-state index in [0.29, 0.717) is 0 Å². The van der Waals surface area contributed by atoms with Gasteiger partial charge in [-0.2, -0.15) is 0 Å². The van der Waals surface area contributed by atoms with Crippen molar-refractivity contribution in [3.05, 3.63) is 0 Å². The van der Waals surface area contributed by atoms with Gasteiger partial charge in [-0.1, -0.05) is 0 Å². The molecule has 0 aromatic rings. The molecular formula is C20H34NNa2O18P. The van der Waals surface area contributed by atoms with Gasteiger partial charge in [0, 0.05) is 0 Å². The zero-order chi connectivity index (χ0) is 30.1. The van der Waals surface area contributed by atoms with Crippen LogP contribution in [0, 0.1) is 0 Å².